The second kappa shape index (κ2) is 8.77. The summed E-state index contributed by atoms with van der Waals surface area (Å²) in [4.78, 5) is 14.1. The molecule has 2 aliphatic heterocycles. The van der Waals surface area contributed by atoms with Crippen molar-refractivity contribution in [1.29, 1.82) is 0 Å². The molecular formula is C14H27ClN2O2. The van der Waals surface area contributed by atoms with Gasteiger partial charge >= 0.3 is 0 Å². The van der Waals surface area contributed by atoms with E-state index in [4.69, 9.17) is 4.74 Å². The number of nitrogens with one attached hydrogen (secondary N) is 1. The summed E-state index contributed by atoms with van der Waals surface area (Å²) >= 11 is 0. The second-order valence-corrected chi connectivity index (χ2v) is 5.68. The van der Waals surface area contributed by atoms with Crippen LogP contribution in [0, 0.1) is 11.8 Å². The molecular weight excluding hydrogens is 264 g/mol. The molecule has 1 atom stereocenters. The molecule has 2 saturated heterocycles. The smallest absolute Gasteiger partial charge is 0.222 e. The number of amides is 1. The summed E-state index contributed by atoms with van der Waals surface area (Å²) in [6.45, 7) is 4.87. The summed E-state index contributed by atoms with van der Waals surface area (Å²) in [6, 6.07) is 0. The maximum atomic E-state index is 12.1. The Morgan fingerprint density at radius 2 is 2.00 bits per heavy atom. The summed E-state index contributed by atoms with van der Waals surface area (Å²) < 4.78 is 5.16. The molecule has 1 amide bonds. The molecule has 5 heteroatoms. The molecule has 0 spiro atoms. The van der Waals surface area contributed by atoms with Crippen molar-refractivity contribution < 1.29 is 9.53 Å². The molecule has 2 aliphatic rings. The van der Waals surface area contributed by atoms with Gasteiger partial charge in [0.1, 0.15) is 0 Å². The molecule has 2 heterocycles. The molecule has 4 nitrogen and oxygen atoms in total. The van der Waals surface area contributed by atoms with Crippen molar-refractivity contribution in [3.05, 3.63) is 0 Å². The fraction of sp³-hybridized carbons (Fsp3) is 0.929. The predicted octanol–water partition coefficient (Wildman–Crippen LogP) is 1.68. The zero-order valence-electron chi connectivity index (χ0n) is 11.9. The van der Waals surface area contributed by atoms with Crippen molar-refractivity contribution in [2.45, 2.75) is 32.1 Å². The van der Waals surface area contributed by atoms with Gasteiger partial charge in [-0.25, -0.2) is 0 Å². The Bertz CT molecular complexity index is 270. The van der Waals surface area contributed by atoms with Gasteiger partial charge in [0.2, 0.25) is 5.91 Å². The van der Waals surface area contributed by atoms with Crippen LogP contribution in [0.3, 0.4) is 0 Å². The van der Waals surface area contributed by atoms with Gasteiger partial charge < -0.3 is 15.0 Å². The van der Waals surface area contributed by atoms with Crippen LogP contribution in [0.25, 0.3) is 0 Å². The lowest BCUT2D eigenvalue weighted by Gasteiger charge is -2.23. The van der Waals surface area contributed by atoms with E-state index >= 15 is 0 Å². The predicted molar refractivity (Wildman–Crippen MR) is 78.6 cm³/mol. The number of piperidine rings is 1. The van der Waals surface area contributed by atoms with Crippen LogP contribution in [0.1, 0.15) is 32.1 Å². The van der Waals surface area contributed by atoms with Gasteiger partial charge in [-0.15, -0.1) is 12.4 Å². The number of carbonyl (C=O) groups is 1. The average molecular weight is 291 g/mol. The minimum atomic E-state index is 0. The summed E-state index contributed by atoms with van der Waals surface area (Å²) in [6.07, 6.45) is 5.39. The molecule has 2 fully saturated rings. The molecule has 0 bridgehead atoms. The van der Waals surface area contributed by atoms with Crippen LogP contribution in [-0.2, 0) is 9.53 Å². The van der Waals surface area contributed by atoms with Gasteiger partial charge in [-0.05, 0) is 44.7 Å². The third-order valence-corrected chi connectivity index (χ3v) is 4.27. The quantitative estimate of drug-likeness (QED) is 0.838. The molecule has 2 rings (SSSR count). The number of likely N-dealkylation sites (tertiary alicyclic amines) is 1. The zero-order chi connectivity index (χ0) is 12.8. The van der Waals surface area contributed by atoms with E-state index in [2.05, 4.69) is 5.32 Å². The lowest BCUT2D eigenvalue weighted by atomic mass is 9.93. The Kier molecular flexibility index (Phi) is 7.73. The molecule has 19 heavy (non-hydrogen) atoms. The van der Waals surface area contributed by atoms with Gasteiger partial charge in [0.05, 0.1) is 6.61 Å². The minimum absolute atomic E-state index is 0. The number of carbonyl (C=O) groups excluding carboxylic acids is 1. The van der Waals surface area contributed by atoms with Crippen LogP contribution >= 0.6 is 12.4 Å². The fourth-order valence-electron chi connectivity index (χ4n) is 3.09. The van der Waals surface area contributed by atoms with E-state index in [-0.39, 0.29) is 12.4 Å². The third-order valence-electron chi connectivity index (χ3n) is 4.27. The highest BCUT2D eigenvalue weighted by molar-refractivity contribution is 5.85. The molecule has 0 radical (unpaired) electrons. The molecule has 0 aromatic heterocycles. The highest BCUT2D eigenvalue weighted by Crippen LogP contribution is 2.21. The summed E-state index contributed by atoms with van der Waals surface area (Å²) in [5.41, 5.74) is 0. The van der Waals surface area contributed by atoms with Gasteiger partial charge in [-0.3, -0.25) is 4.79 Å². The topological polar surface area (TPSA) is 41.6 Å². The summed E-state index contributed by atoms with van der Waals surface area (Å²) in [5.74, 6) is 1.66. The standard InChI is InChI=1S/C14H26N2O2.ClH/c1-18-11-13-6-9-16(10-13)14(17)3-2-12-4-7-15-8-5-12;/h12-13,15H,2-11H2,1H3;1H. The fourth-order valence-corrected chi connectivity index (χ4v) is 3.09. The number of methoxy groups -OCH3 is 1. The molecule has 1 N–H and O–H groups in total. The van der Waals surface area contributed by atoms with E-state index < -0.39 is 0 Å². The van der Waals surface area contributed by atoms with Crippen LogP contribution in [-0.4, -0.2) is 50.7 Å². The van der Waals surface area contributed by atoms with Crippen molar-refractivity contribution in [2.75, 3.05) is 39.9 Å². The van der Waals surface area contributed by atoms with Gasteiger partial charge in [0.15, 0.2) is 0 Å². The maximum Gasteiger partial charge on any atom is 0.222 e. The van der Waals surface area contributed by atoms with E-state index in [9.17, 15) is 4.79 Å². The molecule has 0 aliphatic carbocycles. The largest absolute Gasteiger partial charge is 0.384 e. The highest BCUT2D eigenvalue weighted by atomic mass is 35.5. The Balaban J connectivity index is 0.00000180. The number of ether oxygens (including phenoxy) is 1. The maximum absolute atomic E-state index is 12.1. The number of hydrogen-bond donors (Lipinski definition) is 1. The van der Waals surface area contributed by atoms with Crippen molar-refractivity contribution in [3.8, 4) is 0 Å². The van der Waals surface area contributed by atoms with Crippen LogP contribution in [0.15, 0.2) is 0 Å². The van der Waals surface area contributed by atoms with E-state index in [0.29, 0.717) is 11.8 Å². The average Bonchev–Trinajstić information content (AvgIpc) is 2.86. The lowest BCUT2D eigenvalue weighted by molar-refractivity contribution is -0.130. The highest BCUT2D eigenvalue weighted by Gasteiger charge is 2.26. The first-order valence-corrected chi connectivity index (χ1v) is 7.27. The van der Waals surface area contributed by atoms with Gasteiger partial charge in [-0.2, -0.15) is 0 Å². The number of hydrogen-bond acceptors (Lipinski definition) is 3. The van der Waals surface area contributed by atoms with Gasteiger partial charge in [0, 0.05) is 32.5 Å². The number of rotatable bonds is 5. The van der Waals surface area contributed by atoms with E-state index in [1.54, 1.807) is 7.11 Å². The molecule has 0 saturated carbocycles. The van der Waals surface area contributed by atoms with E-state index in [0.717, 1.165) is 58.0 Å². The Morgan fingerprint density at radius 1 is 1.26 bits per heavy atom. The monoisotopic (exact) mass is 290 g/mol. The van der Waals surface area contributed by atoms with Crippen LogP contribution in [0.4, 0.5) is 0 Å². The normalized spacial score (nSPS) is 24.3. The number of nitrogens with zero attached hydrogens (tertiary/aromatic N) is 1. The number of halogens is 1. The van der Waals surface area contributed by atoms with Crippen molar-refractivity contribution in [2.24, 2.45) is 11.8 Å². The van der Waals surface area contributed by atoms with Crippen LogP contribution in [0.5, 0.6) is 0 Å². The van der Waals surface area contributed by atoms with Crippen molar-refractivity contribution in [1.82, 2.24) is 10.2 Å². The molecule has 1 unspecified atom stereocenters. The first-order chi connectivity index (χ1) is 8.79. The first-order valence-electron chi connectivity index (χ1n) is 7.27. The van der Waals surface area contributed by atoms with Gasteiger partial charge in [-0.1, -0.05) is 0 Å². The van der Waals surface area contributed by atoms with E-state index in [1.165, 1.54) is 12.8 Å². The van der Waals surface area contributed by atoms with Crippen molar-refractivity contribution in [3.63, 3.8) is 0 Å². The van der Waals surface area contributed by atoms with Crippen LogP contribution < -0.4 is 5.32 Å². The molecule has 0 aromatic rings. The lowest BCUT2D eigenvalue weighted by Crippen LogP contribution is -2.31. The summed E-state index contributed by atoms with van der Waals surface area (Å²) in [7, 11) is 1.74. The van der Waals surface area contributed by atoms with Crippen molar-refractivity contribution >= 4 is 18.3 Å². The summed E-state index contributed by atoms with van der Waals surface area (Å²) in [5, 5.41) is 3.37. The second-order valence-electron chi connectivity index (χ2n) is 5.68. The first kappa shape index (κ1) is 16.7. The minimum Gasteiger partial charge on any atom is -0.384 e. The molecule has 0 aromatic carbocycles. The third kappa shape index (κ3) is 5.28. The Morgan fingerprint density at radius 3 is 2.68 bits per heavy atom. The Labute approximate surface area is 122 Å². The van der Waals surface area contributed by atoms with Crippen LogP contribution in [0.2, 0.25) is 0 Å². The van der Waals surface area contributed by atoms with E-state index in [1.807, 2.05) is 4.90 Å². The van der Waals surface area contributed by atoms with Gasteiger partial charge in [0.25, 0.3) is 0 Å². The Hall–Kier alpha value is -0.320. The SMILES string of the molecule is COCC1CCN(C(=O)CCC2CCNCC2)C1.Cl. The molecule has 112 valence electrons. The zero-order valence-corrected chi connectivity index (χ0v) is 12.7.